The molecule has 0 N–H and O–H groups in total. The molecule has 0 fully saturated rings. The third-order valence-electron chi connectivity index (χ3n) is 4.28. The summed E-state index contributed by atoms with van der Waals surface area (Å²) >= 11 is 3.35. The minimum atomic E-state index is -1.25. The van der Waals surface area contributed by atoms with Gasteiger partial charge in [0.05, 0.1) is 5.69 Å². The minimum Gasteiger partial charge on any atom is -0.460 e. The first-order valence-corrected chi connectivity index (χ1v) is 9.87. The molecule has 0 spiro atoms. The number of aromatic nitrogens is 1. The molecule has 6 heteroatoms. The van der Waals surface area contributed by atoms with Crippen molar-refractivity contribution in [3.8, 4) is 0 Å². The fourth-order valence-electron chi connectivity index (χ4n) is 2.80. The minimum absolute atomic E-state index is 0.0672. The van der Waals surface area contributed by atoms with Gasteiger partial charge in [0.25, 0.3) is 0 Å². The summed E-state index contributed by atoms with van der Waals surface area (Å²) in [5.41, 5.74) is 2.68. The number of ether oxygens (including phenoxy) is 2. The van der Waals surface area contributed by atoms with E-state index in [-0.39, 0.29) is 13.2 Å². The van der Waals surface area contributed by atoms with Crippen molar-refractivity contribution in [2.75, 3.05) is 0 Å². The lowest BCUT2D eigenvalue weighted by molar-refractivity contribution is -0.159. The third kappa shape index (κ3) is 5.74. The number of carbonyl (C=O) groups excluding carboxylic acids is 2. The Kier molecular flexibility index (Phi) is 7.14. The van der Waals surface area contributed by atoms with E-state index >= 15 is 0 Å². The van der Waals surface area contributed by atoms with Crippen LogP contribution in [0, 0.1) is 6.92 Å². The lowest BCUT2D eigenvalue weighted by Crippen LogP contribution is -2.27. The maximum atomic E-state index is 12.8. The van der Waals surface area contributed by atoms with Crippen molar-refractivity contribution < 1.29 is 19.1 Å². The van der Waals surface area contributed by atoms with Crippen LogP contribution in [0.4, 0.5) is 0 Å². The van der Waals surface area contributed by atoms with Crippen molar-refractivity contribution in [3.63, 3.8) is 0 Å². The van der Waals surface area contributed by atoms with Gasteiger partial charge in [-0.15, -0.1) is 0 Å². The first-order chi connectivity index (χ1) is 14.0. The SMILES string of the molecule is Cc1cc(Br)cnc1C(C(=O)OCc1ccccc1)C(=O)OCc1ccccc1. The van der Waals surface area contributed by atoms with E-state index in [4.69, 9.17) is 9.47 Å². The van der Waals surface area contributed by atoms with E-state index in [2.05, 4.69) is 20.9 Å². The van der Waals surface area contributed by atoms with Crippen molar-refractivity contribution in [3.05, 3.63) is 99.8 Å². The van der Waals surface area contributed by atoms with Gasteiger partial charge in [0.2, 0.25) is 0 Å². The highest BCUT2D eigenvalue weighted by atomic mass is 79.9. The first-order valence-electron chi connectivity index (χ1n) is 9.08. The van der Waals surface area contributed by atoms with Gasteiger partial charge in [0, 0.05) is 10.7 Å². The molecular formula is C23H20BrNO4. The van der Waals surface area contributed by atoms with Crippen LogP contribution in [0.1, 0.15) is 28.3 Å². The summed E-state index contributed by atoms with van der Waals surface area (Å²) in [5, 5.41) is 0. The molecule has 1 heterocycles. The quantitative estimate of drug-likeness (QED) is 0.382. The van der Waals surface area contributed by atoms with Gasteiger partial charge >= 0.3 is 11.9 Å². The molecule has 0 saturated heterocycles. The van der Waals surface area contributed by atoms with E-state index in [0.29, 0.717) is 11.3 Å². The Morgan fingerprint density at radius 2 is 1.38 bits per heavy atom. The summed E-state index contributed by atoms with van der Waals surface area (Å²) in [6.07, 6.45) is 1.55. The molecule has 148 valence electrons. The molecule has 5 nitrogen and oxygen atoms in total. The number of aryl methyl sites for hydroxylation is 1. The van der Waals surface area contributed by atoms with Crippen LogP contribution in [0.2, 0.25) is 0 Å². The van der Waals surface area contributed by atoms with Crippen LogP contribution in [0.5, 0.6) is 0 Å². The van der Waals surface area contributed by atoms with Crippen LogP contribution in [0.3, 0.4) is 0 Å². The second-order valence-corrected chi connectivity index (χ2v) is 7.39. The summed E-state index contributed by atoms with van der Waals surface area (Å²) in [5.74, 6) is -2.63. The Hall–Kier alpha value is -2.99. The molecule has 0 unspecified atom stereocenters. The number of pyridine rings is 1. The van der Waals surface area contributed by atoms with Crippen LogP contribution in [-0.4, -0.2) is 16.9 Å². The van der Waals surface area contributed by atoms with E-state index in [1.165, 1.54) is 0 Å². The van der Waals surface area contributed by atoms with Crippen LogP contribution < -0.4 is 0 Å². The topological polar surface area (TPSA) is 65.5 Å². The number of benzene rings is 2. The van der Waals surface area contributed by atoms with Crippen LogP contribution in [0.25, 0.3) is 0 Å². The molecule has 3 rings (SSSR count). The number of rotatable bonds is 7. The molecule has 0 radical (unpaired) electrons. The standard InChI is InChI=1S/C23H20BrNO4/c1-16-12-19(24)13-25-21(16)20(22(26)28-14-17-8-4-2-5-9-17)23(27)29-15-18-10-6-3-7-11-18/h2-13,20H,14-15H2,1H3. The zero-order chi connectivity index (χ0) is 20.6. The Morgan fingerprint density at radius 1 is 0.897 bits per heavy atom. The Balaban J connectivity index is 1.78. The molecule has 0 aliphatic heterocycles. The fraction of sp³-hybridized carbons (Fsp3) is 0.174. The second kappa shape index (κ2) is 9.98. The maximum absolute atomic E-state index is 12.8. The molecule has 1 aromatic heterocycles. The van der Waals surface area contributed by atoms with Gasteiger partial charge in [-0.25, -0.2) is 0 Å². The fourth-order valence-corrected chi connectivity index (χ4v) is 3.24. The first kappa shape index (κ1) is 20.7. The molecular weight excluding hydrogens is 434 g/mol. The average molecular weight is 454 g/mol. The number of esters is 2. The number of carbonyl (C=O) groups is 2. The summed E-state index contributed by atoms with van der Waals surface area (Å²) in [4.78, 5) is 29.9. The highest BCUT2D eigenvalue weighted by Gasteiger charge is 2.34. The molecule has 0 amide bonds. The van der Waals surface area contributed by atoms with Gasteiger partial charge in [-0.1, -0.05) is 60.7 Å². The van der Waals surface area contributed by atoms with Gasteiger partial charge in [-0.3, -0.25) is 14.6 Å². The lowest BCUT2D eigenvalue weighted by Gasteiger charge is -2.17. The van der Waals surface area contributed by atoms with Crippen molar-refractivity contribution >= 4 is 27.9 Å². The van der Waals surface area contributed by atoms with Crippen LogP contribution in [0.15, 0.2) is 77.4 Å². The molecule has 0 aliphatic carbocycles. The second-order valence-electron chi connectivity index (χ2n) is 6.48. The smallest absolute Gasteiger partial charge is 0.326 e. The largest absolute Gasteiger partial charge is 0.460 e. The molecule has 29 heavy (non-hydrogen) atoms. The predicted octanol–water partition coefficient (Wildman–Crippen LogP) is 4.72. The molecule has 0 saturated carbocycles. The highest BCUT2D eigenvalue weighted by molar-refractivity contribution is 9.10. The monoisotopic (exact) mass is 453 g/mol. The molecule has 0 bridgehead atoms. The Labute approximate surface area is 177 Å². The van der Waals surface area contributed by atoms with E-state index in [1.54, 1.807) is 19.2 Å². The molecule has 0 aliphatic rings. The van der Waals surface area contributed by atoms with Crippen LogP contribution >= 0.6 is 15.9 Å². The Morgan fingerprint density at radius 3 is 1.83 bits per heavy atom. The van der Waals surface area contributed by atoms with Gasteiger partial charge in [0.1, 0.15) is 13.2 Å². The van der Waals surface area contributed by atoms with Gasteiger partial charge in [-0.05, 0) is 45.6 Å². The normalized spacial score (nSPS) is 10.6. The van der Waals surface area contributed by atoms with Crippen LogP contribution in [-0.2, 0) is 32.3 Å². The summed E-state index contributed by atoms with van der Waals surface area (Å²) < 4.78 is 11.6. The number of hydrogen-bond donors (Lipinski definition) is 0. The number of nitrogens with zero attached hydrogens (tertiary/aromatic N) is 1. The van der Waals surface area contributed by atoms with E-state index in [9.17, 15) is 9.59 Å². The predicted molar refractivity (Wildman–Crippen MR) is 112 cm³/mol. The number of halogens is 1. The highest BCUT2D eigenvalue weighted by Crippen LogP contribution is 2.24. The molecule has 3 aromatic rings. The zero-order valence-electron chi connectivity index (χ0n) is 15.9. The van der Waals surface area contributed by atoms with Crippen molar-refractivity contribution in [1.82, 2.24) is 4.98 Å². The van der Waals surface area contributed by atoms with Crippen molar-refractivity contribution in [1.29, 1.82) is 0 Å². The average Bonchev–Trinajstić information content (AvgIpc) is 2.74. The Bertz CT molecular complexity index is 921. The zero-order valence-corrected chi connectivity index (χ0v) is 17.5. The van der Waals surface area contributed by atoms with Gasteiger partial charge in [-0.2, -0.15) is 0 Å². The molecule has 0 atom stereocenters. The van der Waals surface area contributed by atoms with Crippen molar-refractivity contribution in [2.24, 2.45) is 0 Å². The van der Waals surface area contributed by atoms with E-state index in [0.717, 1.165) is 15.6 Å². The summed E-state index contributed by atoms with van der Waals surface area (Å²) in [6.45, 7) is 1.92. The van der Waals surface area contributed by atoms with E-state index < -0.39 is 17.9 Å². The van der Waals surface area contributed by atoms with Crippen molar-refractivity contribution in [2.45, 2.75) is 26.1 Å². The van der Waals surface area contributed by atoms with Gasteiger partial charge in [0.15, 0.2) is 5.92 Å². The summed E-state index contributed by atoms with van der Waals surface area (Å²) in [7, 11) is 0. The summed E-state index contributed by atoms with van der Waals surface area (Å²) in [6, 6.07) is 20.4. The maximum Gasteiger partial charge on any atom is 0.326 e. The number of hydrogen-bond acceptors (Lipinski definition) is 5. The van der Waals surface area contributed by atoms with Gasteiger partial charge < -0.3 is 9.47 Å². The molecule has 2 aromatic carbocycles. The third-order valence-corrected chi connectivity index (χ3v) is 4.71. The van der Waals surface area contributed by atoms with E-state index in [1.807, 2.05) is 60.7 Å². The lowest BCUT2D eigenvalue weighted by atomic mass is 10.0.